The Morgan fingerprint density at radius 2 is 2.06 bits per heavy atom. The van der Waals surface area contributed by atoms with Crippen molar-refractivity contribution in [1.82, 2.24) is 15.0 Å². The van der Waals surface area contributed by atoms with Crippen molar-refractivity contribution in [3.8, 4) is 0 Å². The van der Waals surface area contributed by atoms with Crippen LogP contribution >= 0.6 is 0 Å². The van der Waals surface area contributed by atoms with Gasteiger partial charge in [0, 0.05) is 21.1 Å². The number of carbonyl (C=O) groups excluding carboxylic acids is 1. The highest BCUT2D eigenvalue weighted by atomic mass is 16.2. The van der Waals surface area contributed by atoms with E-state index >= 15 is 0 Å². The normalized spacial score (nSPS) is 10.2. The van der Waals surface area contributed by atoms with Gasteiger partial charge < -0.3 is 10.2 Å². The van der Waals surface area contributed by atoms with Crippen LogP contribution in [-0.2, 0) is 7.05 Å². The molecule has 0 saturated heterocycles. The zero-order valence-electron chi connectivity index (χ0n) is 10.6. The van der Waals surface area contributed by atoms with Gasteiger partial charge in [0.1, 0.15) is 0 Å². The van der Waals surface area contributed by atoms with Gasteiger partial charge >= 0.3 is 0 Å². The average Bonchev–Trinajstić information content (AvgIpc) is 2.76. The molecule has 1 N–H and O–H groups in total. The van der Waals surface area contributed by atoms with E-state index in [9.17, 15) is 4.79 Å². The van der Waals surface area contributed by atoms with Gasteiger partial charge in [-0.15, -0.1) is 5.10 Å². The molecular formula is C12H15N5O. The molecule has 1 heterocycles. The highest BCUT2D eigenvalue weighted by molar-refractivity contribution is 6.04. The van der Waals surface area contributed by atoms with Crippen molar-refractivity contribution >= 4 is 17.3 Å². The summed E-state index contributed by atoms with van der Waals surface area (Å²) >= 11 is 0. The minimum absolute atomic E-state index is 0.266. The van der Waals surface area contributed by atoms with Crippen LogP contribution in [0.1, 0.15) is 10.5 Å². The molecule has 18 heavy (non-hydrogen) atoms. The number of aromatic nitrogens is 3. The van der Waals surface area contributed by atoms with Crippen LogP contribution in [0.5, 0.6) is 0 Å². The summed E-state index contributed by atoms with van der Waals surface area (Å²) in [5, 5.41) is 10.3. The summed E-state index contributed by atoms with van der Waals surface area (Å²) in [4.78, 5) is 13.9. The summed E-state index contributed by atoms with van der Waals surface area (Å²) < 4.78 is 1.49. The summed E-state index contributed by atoms with van der Waals surface area (Å²) in [5.74, 6) is -0.266. The lowest BCUT2D eigenvalue weighted by Crippen LogP contribution is -2.17. The van der Waals surface area contributed by atoms with Crippen molar-refractivity contribution in [3.05, 3.63) is 36.2 Å². The van der Waals surface area contributed by atoms with Crippen LogP contribution in [0.2, 0.25) is 0 Å². The van der Waals surface area contributed by atoms with E-state index in [1.165, 1.54) is 4.68 Å². The monoisotopic (exact) mass is 245 g/mol. The molecule has 94 valence electrons. The molecule has 0 aliphatic heterocycles. The quantitative estimate of drug-likeness (QED) is 0.880. The van der Waals surface area contributed by atoms with Gasteiger partial charge in [0.05, 0.1) is 17.6 Å². The highest BCUT2D eigenvalue weighted by Crippen LogP contribution is 2.23. The Kier molecular flexibility index (Phi) is 3.27. The van der Waals surface area contributed by atoms with Crippen LogP contribution in [0.15, 0.2) is 30.5 Å². The highest BCUT2D eigenvalue weighted by Gasteiger charge is 2.12. The van der Waals surface area contributed by atoms with Gasteiger partial charge in [-0.25, -0.2) is 0 Å². The molecule has 0 aliphatic rings. The molecule has 1 aromatic carbocycles. The number of amides is 1. The first kappa shape index (κ1) is 12.1. The third kappa shape index (κ3) is 2.48. The summed E-state index contributed by atoms with van der Waals surface area (Å²) in [7, 11) is 5.57. The van der Waals surface area contributed by atoms with Crippen molar-refractivity contribution in [2.45, 2.75) is 0 Å². The SMILES string of the molecule is CN(C)c1ccccc1NC(=O)c1cn(C)nn1. The van der Waals surface area contributed by atoms with Gasteiger partial charge in [-0.3, -0.25) is 9.48 Å². The number of hydrogen-bond acceptors (Lipinski definition) is 4. The van der Waals surface area contributed by atoms with Crippen LogP contribution in [-0.4, -0.2) is 35.0 Å². The number of nitrogens with one attached hydrogen (secondary N) is 1. The molecule has 1 aromatic heterocycles. The zero-order chi connectivity index (χ0) is 13.1. The number of carbonyl (C=O) groups is 1. The minimum atomic E-state index is -0.266. The first-order valence-corrected chi connectivity index (χ1v) is 5.52. The molecule has 0 spiro atoms. The van der Waals surface area contributed by atoms with Crippen molar-refractivity contribution < 1.29 is 4.79 Å². The smallest absolute Gasteiger partial charge is 0.277 e. The second kappa shape index (κ2) is 4.87. The van der Waals surface area contributed by atoms with E-state index in [2.05, 4.69) is 15.6 Å². The van der Waals surface area contributed by atoms with E-state index in [4.69, 9.17) is 0 Å². The predicted octanol–water partition coefficient (Wildman–Crippen LogP) is 1.13. The van der Waals surface area contributed by atoms with Crippen LogP contribution in [0, 0.1) is 0 Å². The van der Waals surface area contributed by atoms with Crippen molar-refractivity contribution in [1.29, 1.82) is 0 Å². The summed E-state index contributed by atoms with van der Waals surface area (Å²) in [6.45, 7) is 0. The Labute approximate surface area is 105 Å². The zero-order valence-corrected chi connectivity index (χ0v) is 10.6. The van der Waals surface area contributed by atoms with Crippen LogP contribution in [0.4, 0.5) is 11.4 Å². The van der Waals surface area contributed by atoms with E-state index in [0.717, 1.165) is 11.4 Å². The van der Waals surface area contributed by atoms with Crippen LogP contribution < -0.4 is 10.2 Å². The molecule has 0 bridgehead atoms. The molecular weight excluding hydrogens is 230 g/mol. The van der Waals surface area contributed by atoms with E-state index in [1.807, 2.05) is 43.3 Å². The van der Waals surface area contributed by atoms with Gasteiger partial charge in [-0.2, -0.15) is 0 Å². The number of para-hydroxylation sites is 2. The predicted molar refractivity (Wildman–Crippen MR) is 69.7 cm³/mol. The number of benzene rings is 1. The maximum Gasteiger partial charge on any atom is 0.277 e. The second-order valence-electron chi connectivity index (χ2n) is 4.14. The fourth-order valence-electron chi connectivity index (χ4n) is 1.61. The molecule has 0 fully saturated rings. The number of anilines is 2. The maximum absolute atomic E-state index is 12.0. The Bertz CT molecular complexity index is 561. The van der Waals surface area contributed by atoms with E-state index in [-0.39, 0.29) is 5.91 Å². The number of hydrogen-bond donors (Lipinski definition) is 1. The molecule has 0 unspecified atom stereocenters. The van der Waals surface area contributed by atoms with E-state index < -0.39 is 0 Å². The minimum Gasteiger partial charge on any atom is -0.376 e. The molecule has 1 amide bonds. The van der Waals surface area contributed by atoms with Gasteiger partial charge in [0.25, 0.3) is 5.91 Å². The lowest BCUT2D eigenvalue weighted by molar-refractivity contribution is 0.102. The Hall–Kier alpha value is -2.37. The lowest BCUT2D eigenvalue weighted by atomic mass is 10.2. The Morgan fingerprint density at radius 1 is 1.33 bits per heavy atom. The number of rotatable bonds is 3. The summed E-state index contributed by atoms with van der Waals surface area (Å²) in [6, 6.07) is 7.59. The largest absolute Gasteiger partial charge is 0.376 e. The first-order chi connectivity index (χ1) is 8.58. The standard InChI is InChI=1S/C12H15N5O/c1-16(2)11-7-5-4-6-9(11)13-12(18)10-8-17(3)15-14-10/h4-8H,1-3H3,(H,13,18). The number of aryl methyl sites for hydroxylation is 1. The van der Waals surface area contributed by atoms with Crippen LogP contribution in [0.3, 0.4) is 0 Å². The van der Waals surface area contributed by atoms with Gasteiger partial charge in [0.15, 0.2) is 5.69 Å². The molecule has 0 atom stereocenters. The molecule has 2 rings (SSSR count). The first-order valence-electron chi connectivity index (χ1n) is 5.52. The molecule has 0 radical (unpaired) electrons. The molecule has 0 saturated carbocycles. The second-order valence-corrected chi connectivity index (χ2v) is 4.14. The van der Waals surface area contributed by atoms with Crippen LogP contribution in [0.25, 0.3) is 0 Å². The molecule has 6 heteroatoms. The van der Waals surface area contributed by atoms with Gasteiger partial charge in [-0.1, -0.05) is 17.3 Å². The third-order valence-corrected chi connectivity index (χ3v) is 2.47. The van der Waals surface area contributed by atoms with E-state index in [0.29, 0.717) is 5.69 Å². The Morgan fingerprint density at radius 3 is 2.67 bits per heavy atom. The Balaban J connectivity index is 2.22. The average molecular weight is 245 g/mol. The lowest BCUT2D eigenvalue weighted by Gasteiger charge is -2.17. The number of nitrogens with zero attached hydrogens (tertiary/aromatic N) is 4. The summed E-state index contributed by atoms with van der Waals surface area (Å²) in [5.41, 5.74) is 1.99. The molecule has 0 aliphatic carbocycles. The summed E-state index contributed by atoms with van der Waals surface area (Å²) in [6.07, 6.45) is 1.58. The fourth-order valence-corrected chi connectivity index (χ4v) is 1.61. The van der Waals surface area contributed by atoms with Crippen molar-refractivity contribution in [3.63, 3.8) is 0 Å². The van der Waals surface area contributed by atoms with E-state index in [1.54, 1.807) is 13.2 Å². The molecule has 6 nitrogen and oxygen atoms in total. The van der Waals surface area contributed by atoms with Gasteiger partial charge in [-0.05, 0) is 12.1 Å². The van der Waals surface area contributed by atoms with Crippen molar-refractivity contribution in [2.75, 3.05) is 24.3 Å². The molecule has 2 aromatic rings. The van der Waals surface area contributed by atoms with Crippen molar-refractivity contribution in [2.24, 2.45) is 7.05 Å². The third-order valence-electron chi connectivity index (χ3n) is 2.47. The fraction of sp³-hybridized carbons (Fsp3) is 0.250. The van der Waals surface area contributed by atoms with Gasteiger partial charge in [0.2, 0.25) is 0 Å². The topological polar surface area (TPSA) is 63.1 Å². The maximum atomic E-state index is 12.0.